The SMILES string of the molecule is Cc1ccc(NC(=O)[C@@H](C)c2nc(C)c(C(=O)O)s2)cc1. The fourth-order valence-corrected chi connectivity index (χ4v) is 2.76. The van der Waals surface area contributed by atoms with Gasteiger partial charge in [-0.1, -0.05) is 17.7 Å². The summed E-state index contributed by atoms with van der Waals surface area (Å²) >= 11 is 1.05. The van der Waals surface area contributed by atoms with Crippen molar-refractivity contribution in [1.29, 1.82) is 0 Å². The van der Waals surface area contributed by atoms with Gasteiger partial charge in [-0.15, -0.1) is 11.3 Å². The molecule has 0 aliphatic rings. The molecule has 0 saturated heterocycles. The molecule has 0 unspecified atom stereocenters. The van der Waals surface area contributed by atoms with E-state index in [-0.39, 0.29) is 10.8 Å². The Morgan fingerprint density at radius 3 is 2.38 bits per heavy atom. The molecule has 0 saturated carbocycles. The molecule has 2 aromatic rings. The first-order valence-corrected chi connectivity index (χ1v) is 7.28. The molecule has 5 nitrogen and oxygen atoms in total. The van der Waals surface area contributed by atoms with Crippen molar-refractivity contribution in [3.63, 3.8) is 0 Å². The molecule has 0 aliphatic heterocycles. The third-order valence-electron chi connectivity index (χ3n) is 3.09. The van der Waals surface area contributed by atoms with Crippen LogP contribution in [0.2, 0.25) is 0 Å². The van der Waals surface area contributed by atoms with Crippen molar-refractivity contribution >= 4 is 28.9 Å². The van der Waals surface area contributed by atoms with Gasteiger partial charge in [0, 0.05) is 5.69 Å². The molecule has 0 fully saturated rings. The number of nitrogens with zero attached hydrogens (tertiary/aromatic N) is 1. The fraction of sp³-hybridized carbons (Fsp3) is 0.267. The summed E-state index contributed by atoms with van der Waals surface area (Å²) in [6, 6.07) is 7.48. The Morgan fingerprint density at radius 2 is 1.86 bits per heavy atom. The number of carboxylic acids is 1. The van der Waals surface area contributed by atoms with Crippen molar-refractivity contribution in [2.45, 2.75) is 26.7 Å². The minimum atomic E-state index is -1.01. The summed E-state index contributed by atoms with van der Waals surface area (Å²) in [5.74, 6) is -1.71. The highest BCUT2D eigenvalue weighted by atomic mass is 32.1. The highest BCUT2D eigenvalue weighted by Gasteiger charge is 2.22. The van der Waals surface area contributed by atoms with Crippen LogP contribution in [0.5, 0.6) is 0 Å². The highest BCUT2D eigenvalue weighted by Crippen LogP contribution is 2.26. The number of aromatic nitrogens is 1. The molecule has 2 rings (SSSR count). The number of aromatic carboxylic acids is 1. The van der Waals surface area contributed by atoms with E-state index < -0.39 is 11.9 Å². The average molecular weight is 304 g/mol. The fourth-order valence-electron chi connectivity index (χ4n) is 1.80. The van der Waals surface area contributed by atoms with E-state index in [2.05, 4.69) is 10.3 Å². The maximum atomic E-state index is 12.2. The Kier molecular flexibility index (Phi) is 4.37. The lowest BCUT2D eigenvalue weighted by Gasteiger charge is -2.10. The minimum Gasteiger partial charge on any atom is -0.477 e. The van der Waals surface area contributed by atoms with Crippen LogP contribution in [0.25, 0.3) is 0 Å². The second-order valence-electron chi connectivity index (χ2n) is 4.85. The molecular weight excluding hydrogens is 288 g/mol. The van der Waals surface area contributed by atoms with Crippen LogP contribution in [-0.4, -0.2) is 22.0 Å². The molecule has 21 heavy (non-hydrogen) atoms. The largest absolute Gasteiger partial charge is 0.477 e. The van der Waals surface area contributed by atoms with Gasteiger partial charge in [0.05, 0.1) is 11.6 Å². The van der Waals surface area contributed by atoms with Gasteiger partial charge in [-0.05, 0) is 32.9 Å². The van der Waals surface area contributed by atoms with E-state index in [0.29, 0.717) is 16.4 Å². The number of benzene rings is 1. The van der Waals surface area contributed by atoms with Gasteiger partial charge in [0.1, 0.15) is 9.88 Å². The van der Waals surface area contributed by atoms with Crippen molar-refractivity contribution < 1.29 is 14.7 Å². The zero-order valence-electron chi connectivity index (χ0n) is 12.0. The highest BCUT2D eigenvalue weighted by molar-refractivity contribution is 7.13. The van der Waals surface area contributed by atoms with Crippen LogP contribution < -0.4 is 5.32 Å². The molecule has 0 radical (unpaired) electrons. The van der Waals surface area contributed by atoms with Gasteiger partial charge >= 0.3 is 5.97 Å². The van der Waals surface area contributed by atoms with E-state index in [1.165, 1.54) is 0 Å². The second-order valence-corrected chi connectivity index (χ2v) is 5.88. The van der Waals surface area contributed by atoms with Crippen molar-refractivity contribution in [3.8, 4) is 0 Å². The number of thiazole rings is 1. The number of hydrogen-bond acceptors (Lipinski definition) is 4. The predicted octanol–water partition coefficient (Wildman–Crippen LogP) is 3.20. The van der Waals surface area contributed by atoms with Crippen molar-refractivity contribution in [3.05, 3.63) is 45.4 Å². The van der Waals surface area contributed by atoms with Crippen LogP contribution in [0.15, 0.2) is 24.3 Å². The smallest absolute Gasteiger partial charge is 0.347 e. The van der Waals surface area contributed by atoms with Gasteiger partial charge in [-0.2, -0.15) is 0 Å². The van der Waals surface area contributed by atoms with E-state index in [1.807, 2.05) is 31.2 Å². The Hall–Kier alpha value is -2.21. The summed E-state index contributed by atoms with van der Waals surface area (Å²) in [5, 5.41) is 12.3. The lowest BCUT2D eigenvalue weighted by molar-refractivity contribution is -0.117. The van der Waals surface area contributed by atoms with E-state index in [9.17, 15) is 9.59 Å². The van der Waals surface area contributed by atoms with Crippen LogP contribution in [0.1, 0.15) is 38.8 Å². The van der Waals surface area contributed by atoms with Crippen molar-refractivity contribution in [1.82, 2.24) is 4.98 Å². The second kappa shape index (κ2) is 6.05. The van der Waals surface area contributed by atoms with Gasteiger partial charge in [-0.25, -0.2) is 9.78 Å². The number of aryl methyl sites for hydroxylation is 2. The molecule has 2 N–H and O–H groups in total. The van der Waals surface area contributed by atoms with E-state index in [4.69, 9.17) is 5.11 Å². The monoisotopic (exact) mass is 304 g/mol. The van der Waals surface area contributed by atoms with Gasteiger partial charge in [-0.3, -0.25) is 4.79 Å². The first kappa shape index (κ1) is 15.2. The van der Waals surface area contributed by atoms with Gasteiger partial charge in [0.2, 0.25) is 5.91 Å². The van der Waals surface area contributed by atoms with Crippen LogP contribution >= 0.6 is 11.3 Å². The number of amides is 1. The summed E-state index contributed by atoms with van der Waals surface area (Å²) in [4.78, 5) is 27.6. The van der Waals surface area contributed by atoms with Gasteiger partial charge in [0.25, 0.3) is 0 Å². The summed E-state index contributed by atoms with van der Waals surface area (Å²) in [6.45, 7) is 5.32. The minimum absolute atomic E-state index is 0.181. The Labute approximate surface area is 126 Å². The van der Waals surface area contributed by atoms with Gasteiger partial charge in [0.15, 0.2) is 0 Å². The van der Waals surface area contributed by atoms with E-state index >= 15 is 0 Å². The molecule has 6 heteroatoms. The molecule has 0 spiro atoms. The third-order valence-corrected chi connectivity index (χ3v) is 4.42. The molecule has 110 valence electrons. The van der Waals surface area contributed by atoms with E-state index in [0.717, 1.165) is 16.9 Å². The molecule has 1 atom stereocenters. The van der Waals surface area contributed by atoms with Gasteiger partial charge < -0.3 is 10.4 Å². The zero-order chi connectivity index (χ0) is 15.6. The maximum absolute atomic E-state index is 12.2. The zero-order valence-corrected chi connectivity index (χ0v) is 12.8. The number of hydrogen-bond donors (Lipinski definition) is 2. The number of nitrogens with one attached hydrogen (secondary N) is 1. The van der Waals surface area contributed by atoms with Crippen LogP contribution in [-0.2, 0) is 4.79 Å². The summed E-state index contributed by atoms with van der Waals surface area (Å²) in [6.07, 6.45) is 0. The molecule has 1 heterocycles. The quantitative estimate of drug-likeness (QED) is 0.909. The number of anilines is 1. The standard InChI is InChI=1S/C15H16N2O3S/c1-8-4-6-11(7-5-8)17-13(18)9(2)14-16-10(3)12(21-14)15(19)20/h4-7,9H,1-3H3,(H,17,18)(H,19,20)/t9-/m1/s1. The first-order chi connectivity index (χ1) is 9.88. The average Bonchev–Trinajstić information content (AvgIpc) is 2.82. The Morgan fingerprint density at radius 1 is 1.24 bits per heavy atom. The first-order valence-electron chi connectivity index (χ1n) is 6.46. The lowest BCUT2D eigenvalue weighted by Crippen LogP contribution is -2.18. The molecule has 1 aromatic heterocycles. The van der Waals surface area contributed by atoms with Crippen molar-refractivity contribution in [2.75, 3.05) is 5.32 Å². The Bertz CT molecular complexity index is 677. The third kappa shape index (κ3) is 3.46. The number of carbonyl (C=O) groups excluding carboxylic acids is 1. The van der Waals surface area contributed by atoms with E-state index in [1.54, 1.807) is 13.8 Å². The van der Waals surface area contributed by atoms with Crippen LogP contribution in [0.3, 0.4) is 0 Å². The summed E-state index contributed by atoms with van der Waals surface area (Å²) in [7, 11) is 0. The molecular formula is C15H16N2O3S. The molecule has 0 bridgehead atoms. The van der Waals surface area contributed by atoms with Crippen molar-refractivity contribution in [2.24, 2.45) is 0 Å². The lowest BCUT2D eigenvalue weighted by atomic mass is 10.1. The van der Waals surface area contributed by atoms with Crippen LogP contribution in [0.4, 0.5) is 5.69 Å². The molecule has 1 amide bonds. The summed E-state index contributed by atoms with van der Waals surface area (Å²) in [5.41, 5.74) is 2.27. The number of carboxylic acid groups (broad SMARTS) is 1. The molecule has 1 aromatic carbocycles. The van der Waals surface area contributed by atoms with Crippen LogP contribution in [0, 0.1) is 13.8 Å². The number of rotatable bonds is 4. The molecule has 0 aliphatic carbocycles. The number of carbonyl (C=O) groups is 2. The summed E-state index contributed by atoms with van der Waals surface area (Å²) < 4.78 is 0. The topological polar surface area (TPSA) is 79.3 Å². The Balaban J connectivity index is 2.13. The normalized spacial score (nSPS) is 12.0. The maximum Gasteiger partial charge on any atom is 0.347 e. The predicted molar refractivity (Wildman–Crippen MR) is 82.0 cm³/mol.